The van der Waals surface area contributed by atoms with E-state index in [4.69, 9.17) is 5.26 Å². The molecule has 2 heterocycles. The summed E-state index contributed by atoms with van der Waals surface area (Å²) in [6.45, 7) is 5.62. The molecular weight excluding hydrogens is 224 g/mol. The lowest BCUT2D eigenvalue weighted by atomic mass is 10.1. The average molecular weight is 244 g/mol. The Hall–Kier alpha value is -1.60. The normalized spacial score (nSPS) is 18.0. The number of likely N-dealkylation sites (tertiary alicyclic amines) is 1. The van der Waals surface area contributed by atoms with Crippen LogP contribution in [0.15, 0.2) is 18.3 Å². The summed E-state index contributed by atoms with van der Waals surface area (Å²) in [7, 11) is 0. The van der Waals surface area contributed by atoms with Gasteiger partial charge in [-0.25, -0.2) is 4.98 Å². The highest BCUT2D eigenvalue weighted by Crippen LogP contribution is 2.13. The van der Waals surface area contributed by atoms with Crippen molar-refractivity contribution < 1.29 is 0 Å². The Kier molecular flexibility index (Phi) is 4.54. The Bertz CT molecular complexity index is 401. The largest absolute Gasteiger partial charge is 0.382 e. The highest BCUT2D eigenvalue weighted by Gasteiger charge is 2.16. The molecule has 0 radical (unpaired) electrons. The van der Waals surface area contributed by atoms with Crippen molar-refractivity contribution in [2.75, 3.05) is 25.0 Å². The number of nitrogens with one attached hydrogen (secondary N) is 1. The minimum absolute atomic E-state index is 0.463. The molecule has 0 aromatic carbocycles. The molecule has 0 aliphatic carbocycles. The van der Waals surface area contributed by atoms with Crippen molar-refractivity contribution in [3.63, 3.8) is 0 Å². The fourth-order valence-electron chi connectivity index (χ4n) is 2.32. The van der Waals surface area contributed by atoms with Crippen LogP contribution in [0.3, 0.4) is 0 Å². The lowest BCUT2D eigenvalue weighted by molar-refractivity contribution is 0.180. The summed E-state index contributed by atoms with van der Waals surface area (Å²) in [6.07, 6.45) is 5.74. The van der Waals surface area contributed by atoms with Gasteiger partial charge in [-0.3, -0.25) is 4.90 Å². The topological polar surface area (TPSA) is 52.0 Å². The van der Waals surface area contributed by atoms with E-state index in [1.54, 1.807) is 12.3 Å². The Morgan fingerprint density at radius 1 is 1.39 bits per heavy atom. The molecule has 18 heavy (non-hydrogen) atoms. The van der Waals surface area contributed by atoms with Crippen LogP contribution >= 0.6 is 0 Å². The van der Waals surface area contributed by atoms with Gasteiger partial charge in [0.25, 0.3) is 0 Å². The lowest BCUT2D eigenvalue weighted by Gasteiger charge is -2.32. The molecule has 4 nitrogen and oxygen atoms in total. The Balaban J connectivity index is 1.81. The molecule has 1 N–H and O–H groups in total. The van der Waals surface area contributed by atoms with E-state index in [0.717, 1.165) is 12.2 Å². The van der Waals surface area contributed by atoms with E-state index in [2.05, 4.69) is 22.1 Å². The number of anilines is 1. The first-order valence-electron chi connectivity index (χ1n) is 6.63. The Morgan fingerprint density at radius 3 is 2.78 bits per heavy atom. The number of piperidine rings is 1. The first-order chi connectivity index (χ1) is 8.79. The van der Waals surface area contributed by atoms with Crippen LogP contribution < -0.4 is 5.32 Å². The van der Waals surface area contributed by atoms with Crippen LogP contribution in [-0.2, 0) is 0 Å². The van der Waals surface area contributed by atoms with Gasteiger partial charge in [-0.05, 0) is 45.0 Å². The quantitative estimate of drug-likeness (QED) is 0.882. The summed E-state index contributed by atoms with van der Waals surface area (Å²) in [5.41, 5.74) is 1.45. The first kappa shape index (κ1) is 12.8. The number of nitrogens with zero attached hydrogens (tertiary/aromatic N) is 3. The standard InChI is InChI=1S/C14H20N4/c1-12(18-7-3-2-4-8-18)10-16-14-6-5-13(9-15)17-11-14/h5-6,11-12,16H,2-4,7-8,10H2,1H3. The van der Waals surface area contributed by atoms with E-state index >= 15 is 0 Å². The third-order valence-corrected chi connectivity index (χ3v) is 3.49. The van der Waals surface area contributed by atoms with E-state index in [-0.39, 0.29) is 0 Å². The van der Waals surface area contributed by atoms with Crippen LogP contribution in [0, 0.1) is 11.3 Å². The van der Waals surface area contributed by atoms with Crippen LogP contribution in [0.1, 0.15) is 31.9 Å². The summed E-state index contributed by atoms with van der Waals surface area (Å²) >= 11 is 0. The van der Waals surface area contributed by atoms with Gasteiger partial charge in [-0.15, -0.1) is 0 Å². The van der Waals surface area contributed by atoms with E-state index in [0.29, 0.717) is 11.7 Å². The van der Waals surface area contributed by atoms with Gasteiger partial charge < -0.3 is 5.32 Å². The van der Waals surface area contributed by atoms with Crippen LogP contribution in [0.5, 0.6) is 0 Å². The fourth-order valence-corrected chi connectivity index (χ4v) is 2.32. The van der Waals surface area contributed by atoms with Crippen molar-refractivity contribution in [2.24, 2.45) is 0 Å². The molecule has 1 fully saturated rings. The van der Waals surface area contributed by atoms with Crippen molar-refractivity contribution >= 4 is 5.69 Å². The molecule has 0 amide bonds. The third kappa shape index (κ3) is 3.44. The van der Waals surface area contributed by atoms with E-state index in [1.165, 1.54) is 32.4 Å². The van der Waals surface area contributed by atoms with Gasteiger partial charge in [-0.1, -0.05) is 6.42 Å². The summed E-state index contributed by atoms with van der Waals surface area (Å²) in [4.78, 5) is 6.59. The second-order valence-electron chi connectivity index (χ2n) is 4.87. The number of aromatic nitrogens is 1. The highest BCUT2D eigenvalue weighted by atomic mass is 15.2. The number of hydrogen-bond acceptors (Lipinski definition) is 4. The fraction of sp³-hybridized carbons (Fsp3) is 0.571. The molecule has 1 unspecified atom stereocenters. The zero-order valence-corrected chi connectivity index (χ0v) is 10.9. The molecule has 1 aliphatic rings. The molecule has 4 heteroatoms. The van der Waals surface area contributed by atoms with Crippen molar-refractivity contribution in [3.05, 3.63) is 24.0 Å². The maximum Gasteiger partial charge on any atom is 0.140 e. The second-order valence-corrected chi connectivity index (χ2v) is 4.87. The predicted octanol–water partition coefficient (Wildman–Crippen LogP) is 2.24. The van der Waals surface area contributed by atoms with Crippen molar-refractivity contribution in [1.29, 1.82) is 5.26 Å². The monoisotopic (exact) mass is 244 g/mol. The van der Waals surface area contributed by atoms with Gasteiger partial charge in [0.2, 0.25) is 0 Å². The molecule has 1 aliphatic heterocycles. The Labute approximate surface area is 109 Å². The van der Waals surface area contributed by atoms with Gasteiger partial charge in [0.15, 0.2) is 0 Å². The molecule has 1 aromatic rings. The van der Waals surface area contributed by atoms with Crippen molar-refractivity contribution in [1.82, 2.24) is 9.88 Å². The minimum atomic E-state index is 0.463. The summed E-state index contributed by atoms with van der Waals surface area (Å²) in [6, 6.07) is 6.22. The maximum absolute atomic E-state index is 8.68. The average Bonchev–Trinajstić information content (AvgIpc) is 2.46. The molecule has 1 saturated heterocycles. The third-order valence-electron chi connectivity index (χ3n) is 3.49. The summed E-state index contributed by atoms with van der Waals surface area (Å²) < 4.78 is 0. The van der Waals surface area contributed by atoms with Gasteiger partial charge >= 0.3 is 0 Å². The summed E-state index contributed by atoms with van der Waals surface area (Å²) in [5, 5.41) is 12.1. The molecule has 0 saturated carbocycles. The zero-order valence-electron chi connectivity index (χ0n) is 10.9. The first-order valence-corrected chi connectivity index (χ1v) is 6.63. The van der Waals surface area contributed by atoms with E-state index in [9.17, 15) is 0 Å². The lowest BCUT2D eigenvalue weighted by Crippen LogP contribution is -2.41. The van der Waals surface area contributed by atoms with Crippen LogP contribution in [0.2, 0.25) is 0 Å². The highest BCUT2D eigenvalue weighted by molar-refractivity contribution is 5.42. The molecule has 0 spiro atoms. The summed E-state index contributed by atoms with van der Waals surface area (Å²) in [5.74, 6) is 0. The van der Waals surface area contributed by atoms with E-state index < -0.39 is 0 Å². The maximum atomic E-state index is 8.68. The molecule has 0 bridgehead atoms. The van der Waals surface area contributed by atoms with Crippen LogP contribution in [0.25, 0.3) is 0 Å². The zero-order chi connectivity index (χ0) is 12.8. The van der Waals surface area contributed by atoms with E-state index in [1.807, 2.05) is 12.1 Å². The Morgan fingerprint density at radius 2 is 2.17 bits per heavy atom. The minimum Gasteiger partial charge on any atom is -0.382 e. The predicted molar refractivity (Wildman–Crippen MR) is 72.3 cm³/mol. The molecular formula is C14H20N4. The number of hydrogen-bond donors (Lipinski definition) is 1. The second kappa shape index (κ2) is 6.36. The molecule has 1 atom stereocenters. The van der Waals surface area contributed by atoms with Crippen molar-refractivity contribution in [3.8, 4) is 6.07 Å². The van der Waals surface area contributed by atoms with Gasteiger partial charge in [0.1, 0.15) is 11.8 Å². The number of nitriles is 1. The molecule has 1 aromatic heterocycles. The van der Waals surface area contributed by atoms with Crippen LogP contribution in [-0.4, -0.2) is 35.6 Å². The SMILES string of the molecule is CC(CNc1ccc(C#N)nc1)N1CCCCC1. The van der Waals surface area contributed by atoms with Crippen LogP contribution in [0.4, 0.5) is 5.69 Å². The molecule has 2 rings (SSSR count). The van der Waals surface area contributed by atoms with Gasteiger partial charge in [0.05, 0.1) is 11.9 Å². The van der Waals surface area contributed by atoms with Gasteiger partial charge in [0, 0.05) is 12.6 Å². The van der Waals surface area contributed by atoms with Crippen molar-refractivity contribution in [2.45, 2.75) is 32.2 Å². The smallest absolute Gasteiger partial charge is 0.140 e. The number of pyridine rings is 1. The number of rotatable bonds is 4. The molecule has 96 valence electrons. The van der Waals surface area contributed by atoms with Gasteiger partial charge in [-0.2, -0.15) is 5.26 Å².